The lowest BCUT2D eigenvalue weighted by Crippen LogP contribution is -2.26. The van der Waals surface area contributed by atoms with E-state index in [1.54, 1.807) is 0 Å². The number of carboxylic acids is 1. The number of anilines is 1. The van der Waals surface area contributed by atoms with Gasteiger partial charge in [-0.25, -0.2) is 0 Å². The van der Waals surface area contributed by atoms with E-state index in [0.29, 0.717) is 5.02 Å². The number of halogens is 1. The second-order valence-electron chi connectivity index (χ2n) is 3.86. The zero-order chi connectivity index (χ0) is 14.5. The molecule has 106 valence electrons. The molecule has 0 aliphatic carbocycles. The van der Waals surface area contributed by atoms with Gasteiger partial charge in [0.2, 0.25) is 0 Å². The highest BCUT2D eigenvalue weighted by Gasteiger charge is 2.13. The lowest BCUT2D eigenvalue weighted by molar-refractivity contribution is -0.134. The number of benzene rings is 1. The monoisotopic (exact) mass is 313 g/mol. The van der Waals surface area contributed by atoms with Gasteiger partial charge in [0.1, 0.15) is 11.0 Å². The largest absolute Gasteiger partial charge is 0.481 e. The third kappa shape index (κ3) is 3.55. The van der Waals surface area contributed by atoms with Crippen LogP contribution in [0.4, 0.5) is 5.69 Å². The number of rotatable bonds is 1. The van der Waals surface area contributed by atoms with E-state index in [0.717, 1.165) is 42.7 Å². The molecule has 1 aliphatic rings. The maximum Gasteiger partial charge on any atom is 0.300 e. The van der Waals surface area contributed by atoms with Crippen molar-refractivity contribution in [2.45, 2.75) is 6.92 Å². The van der Waals surface area contributed by atoms with Gasteiger partial charge in [0.05, 0.1) is 29.0 Å². The average molecular weight is 314 g/mol. The topological polar surface area (TPSA) is 99.5 Å². The molecule has 3 rings (SSSR count). The van der Waals surface area contributed by atoms with Crippen molar-refractivity contribution in [3.05, 3.63) is 17.2 Å². The molecule has 1 aliphatic heterocycles. The van der Waals surface area contributed by atoms with Crippen LogP contribution < -0.4 is 10.6 Å². The van der Waals surface area contributed by atoms with Crippen molar-refractivity contribution in [2.24, 2.45) is 4.99 Å². The van der Waals surface area contributed by atoms with E-state index in [1.165, 1.54) is 11.7 Å². The van der Waals surface area contributed by atoms with Gasteiger partial charge in [0, 0.05) is 13.5 Å². The Balaban J connectivity index is 0.000000328. The predicted molar refractivity (Wildman–Crippen MR) is 79.7 cm³/mol. The lowest BCUT2D eigenvalue weighted by atomic mass is 10.2. The Labute approximate surface area is 124 Å². The summed E-state index contributed by atoms with van der Waals surface area (Å²) in [6.45, 7) is 2.72. The van der Waals surface area contributed by atoms with Crippen LogP contribution in [0.2, 0.25) is 5.02 Å². The van der Waals surface area contributed by atoms with Gasteiger partial charge in [-0.2, -0.15) is 8.75 Å². The van der Waals surface area contributed by atoms with Crippen molar-refractivity contribution in [1.82, 2.24) is 14.1 Å². The summed E-state index contributed by atoms with van der Waals surface area (Å²) in [5.74, 6) is -0.0950. The number of fused-ring (bicyclic) bond motifs is 1. The van der Waals surface area contributed by atoms with Gasteiger partial charge in [-0.1, -0.05) is 11.6 Å². The number of aliphatic carboxylic acids is 1. The Bertz CT molecular complexity index is 653. The number of hydrogen-bond donors (Lipinski definition) is 3. The van der Waals surface area contributed by atoms with Crippen LogP contribution in [0.15, 0.2) is 17.1 Å². The first-order valence-electron chi connectivity index (χ1n) is 5.73. The summed E-state index contributed by atoms with van der Waals surface area (Å²) in [5, 5.41) is 14.3. The zero-order valence-corrected chi connectivity index (χ0v) is 12.1. The third-order valence-electron chi connectivity index (χ3n) is 2.29. The van der Waals surface area contributed by atoms with Gasteiger partial charge in [0.15, 0.2) is 5.96 Å². The van der Waals surface area contributed by atoms with E-state index in [4.69, 9.17) is 21.5 Å². The number of guanidine groups is 1. The van der Waals surface area contributed by atoms with E-state index in [9.17, 15) is 0 Å². The molecule has 2 aromatic rings. The van der Waals surface area contributed by atoms with Crippen molar-refractivity contribution in [2.75, 3.05) is 18.4 Å². The quantitative estimate of drug-likeness (QED) is 0.742. The minimum Gasteiger partial charge on any atom is -0.481 e. The Kier molecular flexibility index (Phi) is 4.70. The van der Waals surface area contributed by atoms with Crippen LogP contribution in [0, 0.1) is 0 Å². The van der Waals surface area contributed by atoms with Gasteiger partial charge in [-0.05, 0) is 12.1 Å². The molecule has 0 saturated heterocycles. The van der Waals surface area contributed by atoms with E-state index in [1.807, 2.05) is 12.1 Å². The molecule has 0 atom stereocenters. The van der Waals surface area contributed by atoms with Gasteiger partial charge in [-0.3, -0.25) is 9.79 Å². The predicted octanol–water partition coefficient (Wildman–Crippen LogP) is 1.81. The smallest absolute Gasteiger partial charge is 0.300 e. The Hall–Kier alpha value is -1.93. The zero-order valence-electron chi connectivity index (χ0n) is 10.6. The highest BCUT2D eigenvalue weighted by molar-refractivity contribution is 7.00. The number of nitrogens with zero attached hydrogens (tertiary/aromatic N) is 3. The molecule has 9 heteroatoms. The van der Waals surface area contributed by atoms with Gasteiger partial charge in [-0.15, -0.1) is 0 Å². The molecule has 0 radical (unpaired) electrons. The second-order valence-corrected chi connectivity index (χ2v) is 4.79. The Morgan fingerprint density at radius 1 is 1.50 bits per heavy atom. The molecule has 20 heavy (non-hydrogen) atoms. The number of carboxylic acid groups (broad SMARTS) is 1. The van der Waals surface area contributed by atoms with E-state index in [2.05, 4.69) is 24.4 Å². The average Bonchev–Trinajstić information content (AvgIpc) is 3.03. The molecule has 3 N–H and O–H groups in total. The maximum absolute atomic E-state index is 9.00. The van der Waals surface area contributed by atoms with Crippen LogP contribution in [0.25, 0.3) is 11.0 Å². The first kappa shape index (κ1) is 14.5. The first-order valence-corrected chi connectivity index (χ1v) is 6.84. The molecule has 0 spiro atoms. The number of aliphatic imine (C=N–C) groups is 1. The van der Waals surface area contributed by atoms with E-state index < -0.39 is 5.97 Å². The molecular weight excluding hydrogens is 302 g/mol. The fourth-order valence-corrected chi connectivity index (χ4v) is 2.29. The summed E-state index contributed by atoms with van der Waals surface area (Å²) >= 11 is 7.30. The normalized spacial score (nSPS) is 13.2. The fourth-order valence-electron chi connectivity index (χ4n) is 1.55. The number of aromatic nitrogens is 2. The summed E-state index contributed by atoms with van der Waals surface area (Å²) in [6, 6.07) is 3.67. The van der Waals surface area contributed by atoms with Gasteiger partial charge in [0.25, 0.3) is 5.97 Å². The van der Waals surface area contributed by atoms with Crippen molar-refractivity contribution in [1.29, 1.82) is 0 Å². The lowest BCUT2D eigenvalue weighted by Gasteiger charge is -2.08. The van der Waals surface area contributed by atoms with Crippen molar-refractivity contribution in [3.8, 4) is 0 Å². The van der Waals surface area contributed by atoms with Crippen LogP contribution in [0.5, 0.6) is 0 Å². The summed E-state index contributed by atoms with van der Waals surface area (Å²) in [5.41, 5.74) is 2.39. The summed E-state index contributed by atoms with van der Waals surface area (Å²) in [4.78, 5) is 13.3. The number of hydrogen-bond acceptors (Lipinski definition) is 7. The van der Waals surface area contributed by atoms with E-state index in [-0.39, 0.29) is 0 Å². The Morgan fingerprint density at radius 3 is 2.90 bits per heavy atom. The highest BCUT2D eigenvalue weighted by atomic mass is 35.5. The molecule has 1 aromatic heterocycles. The summed E-state index contributed by atoms with van der Waals surface area (Å²) in [6.07, 6.45) is 0. The van der Waals surface area contributed by atoms with Gasteiger partial charge < -0.3 is 15.7 Å². The van der Waals surface area contributed by atoms with Crippen molar-refractivity contribution < 1.29 is 9.90 Å². The first-order chi connectivity index (χ1) is 9.58. The molecule has 7 nitrogen and oxygen atoms in total. The molecule has 1 aromatic carbocycles. The second kappa shape index (κ2) is 6.49. The van der Waals surface area contributed by atoms with Crippen LogP contribution in [-0.2, 0) is 4.79 Å². The van der Waals surface area contributed by atoms with Crippen LogP contribution in [0.1, 0.15) is 6.92 Å². The summed E-state index contributed by atoms with van der Waals surface area (Å²) < 4.78 is 8.39. The van der Waals surface area contributed by atoms with E-state index >= 15 is 0 Å². The summed E-state index contributed by atoms with van der Waals surface area (Å²) in [7, 11) is 0. The molecule has 0 unspecified atom stereocenters. The van der Waals surface area contributed by atoms with Crippen LogP contribution >= 0.6 is 23.3 Å². The highest BCUT2D eigenvalue weighted by Crippen LogP contribution is 2.29. The van der Waals surface area contributed by atoms with Crippen LogP contribution in [-0.4, -0.2) is 38.9 Å². The standard InChI is InChI=1S/C9H8ClN5S.C2H4O2/c10-5-1-2-6-8(15-16-14-6)7(5)13-9-11-3-4-12-9;1-2(3)4/h1-2H,3-4H2,(H2,11,12,13);1H3,(H,3,4). The molecule has 0 amide bonds. The van der Waals surface area contributed by atoms with Gasteiger partial charge >= 0.3 is 0 Å². The van der Waals surface area contributed by atoms with Crippen molar-refractivity contribution >= 4 is 52.0 Å². The minimum absolute atomic E-state index is 0.622. The molecule has 0 saturated carbocycles. The number of carbonyl (C=O) groups is 1. The SMILES string of the molecule is CC(=O)O.Clc1ccc2nsnc2c1NC1=NCCN1. The van der Waals surface area contributed by atoms with Crippen LogP contribution in [0.3, 0.4) is 0 Å². The minimum atomic E-state index is -0.833. The molecule has 0 bridgehead atoms. The maximum atomic E-state index is 9.00. The molecule has 0 fully saturated rings. The molecule has 2 heterocycles. The Morgan fingerprint density at radius 2 is 2.25 bits per heavy atom. The fraction of sp³-hybridized carbons (Fsp3) is 0.273. The van der Waals surface area contributed by atoms with Crippen molar-refractivity contribution in [3.63, 3.8) is 0 Å². The third-order valence-corrected chi connectivity index (χ3v) is 3.15. The molecular formula is C11H12ClN5O2S. The number of nitrogens with one attached hydrogen (secondary N) is 2.